The van der Waals surface area contributed by atoms with Gasteiger partial charge in [0.25, 0.3) is 0 Å². The van der Waals surface area contributed by atoms with E-state index in [4.69, 9.17) is 16.9 Å². The summed E-state index contributed by atoms with van der Waals surface area (Å²) in [5.41, 5.74) is 10.9. The van der Waals surface area contributed by atoms with E-state index in [1.54, 1.807) is 0 Å². The molecular weight excluding hydrogens is 142 g/mol. The molecule has 0 aromatic carbocycles. The van der Waals surface area contributed by atoms with Gasteiger partial charge in [-0.05, 0) is 5.92 Å². The highest BCUT2D eigenvalue weighted by Gasteiger charge is 2.19. The Balaban J connectivity index is 4.02. The Hall–Kier alpha value is -0.450. The number of rotatable bonds is 4. The van der Waals surface area contributed by atoms with Gasteiger partial charge in [-0.1, -0.05) is 13.8 Å². The third-order valence-electron chi connectivity index (χ3n) is 1.62. The van der Waals surface area contributed by atoms with Crippen molar-refractivity contribution in [2.24, 2.45) is 17.4 Å². The molecule has 0 spiro atoms. The van der Waals surface area contributed by atoms with Crippen molar-refractivity contribution < 1.29 is 5.11 Å². The van der Waals surface area contributed by atoms with Crippen molar-refractivity contribution >= 4 is 5.71 Å². The van der Waals surface area contributed by atoms with Crippen molar-refractivity contribution in [1.29, 1.82) is 5.41 Å². The number of nitrogens with one attached hydrogen (secondary N) is 1. The van der Waals surface area contributed by atoms with Crippen molar-refractivity contribution in [3.8, 4) is 0 Å². The van der Waals surface area contributed by atoms with Gasteiger partial charge >= 0.3 is 0 Å². The SMILES string of the molecule is CC(C)C(=N)[C@@H](O)C(N)CN. The molecule has 0 rings (SSSR count). The lowest BCUT2D eigenvalue weighted by molar-refractivity contribution is 0.206. The van der Waals surface area contributed by atoms with Crippen molar-refractivity contribution in [2.75, 3.05) is 6.54 Å². The summed E-state index contributed by atoms with van der Waals surface area (Å²) in [7, 11) is 0. The molecule has 6 N–H and O–H groups in total. The summed E-state index contributed by atoms with van der Waals surface area (Å²) in [5, 5.41) is 16.7. The summed E-state index contributed by atoms with van der Waals surface area (Å²) in [5.74, 6) is 0.0302. The first-order chi connectivity index (χ1) is 5.00. The quantitative estimate of drug-likeness (QED) is 0.409. The van der Waals surface area contributed by atoms with Crippen molar-refractivity contribution in [1.82, 2.24) is 0 Å². The molecule has 0 saturated heterocycles. The maximum atomic E-state index is 9.33. The van der Waals surface area contributed by atoms with Crippen LogP contribution in [0.1, 0.15) is 13.8 Å². The van der Waals surface area contributed by atoms with E-state index in [1.807, 2.05) is 13.8 Å². The Morgan fingerprint density at radius 3 is 2.27 bits per heavy atom. The third-order valence-corrected chi connectivity index (χ3v) is 1.62. The molecular formula is C7H17N3O. The molecule has 0 aliphatic rings. The molecule has 1 unspecified atom stereocenters. The lowest BCUT2D eigenvalue weighted by Crippen LogP contribution is -2.46. The summed E-state index contributed by atoms with van der Waals surface area (Å²) >= 11 is 0. The summed E-state index contributed by atoms with van der Waals surface area (Å²) in [4.78, 5) is 0. The van der Waals surface area contributed by atoms with Gasteiger partial charge in [0.2, 0.25) is 0 Å². The predicted octanol–water partition coefficient (Wildman–Crippen LogP) is -0.691. The Morgan fingerprint density at radius 1 is 1.55 bits per heavy atom. The van der Waals surface area contributed by atoms with E-state index in [1.165, 1.54) is 0 Å². The van der Waals surface area contributed by atoms with Crippen LogP contribution in [0.2, 0.25) is 0 Å². The van der Waals surface area contributed by atoms with Crippen LogP contribution in [-0.4, -0.2) is 29.5 Å². The van der Waals surface area contributed by atoms with Crippen molar-refractivity contribution in [2.45, 2.75) is 26.0 Å². The van der Waals surface area contributed by atoms with Gasteiger partial charge in [0.1, 0.15) is 6.10 Å². The first-order valence-electron chi connectivity index (χ1n) is 3.72. The Kier molecular flexibility index (Phi) is 4.25. The smallest absolute Gasteiger partial charge is 0.108 e. The summed E-state index contributed by atoms with van der Waals surface area (Å²) in [6.45, 7) is 3.89. The van der Waals surface area contributed by atoms with Gasteiger partial charge in [-0.15, -0.1) is 0 Å². The maximum absolute atomic E-state index is 9.33. The van der Waals surface area contributed by atoms with Crippen LogP contribution < -0.4 is 11.5 Å². The standard InChI is InChI=1S/C7H17N3O/c1-4(2)6(10)7(11)5(9)3-8/h4-5,7,10-11H,3,8-9H2,1-2H3/t5?,7-/m0/s1. The lowest BCUT2D eigenvalue weighted by Gasteiger charge is -2.19. The molecule has 11 heavy (non-hydrogen) atoms. The summed E-state index contributed by atoms with van der Waals surface area (Å²) in [6, 6.07) is -0.509. The number of nitrogens with two attached hydrogens (primary N) is 2. The number of aliphatic hydroxyl groups excluding tert-OH is 1. The Bertz CT molecular complexity index is 136. The molecule has 0 radical (unpaired) electrons. The van der Waals surface area contributed by atoms with Gasteiger partial charge in [-0.2, -0.15) is 0 Å². The number of hydrogen-bond donors (Lipinski definition) is 4. The van der Waals surface area contributed by atoms with Crippen LogP contribution in [0, 0.1) is 11.3 Å². The monoisotopic (exact) mass is 159 g/mol. The normalized spacial score (nSPS) is 16.5. The Labute approximate surface area is 67.1 Å². The van der Waals surface area contributed by atoms with E-state index in [2.05, 4.69) is 0 Å². The average Bonchev–Trinajstić information content (AvgIpc) is 2.00. The summed E-state index contributed by atoms with van der Waals surface area (Å²) < 4.78 is 0. The molecule has 4 nitrogen and oxygen atoms in total. The van der Waals surface area contributed by atoms with Crippen LogP contribution in [0.4, 0.5) is 0 Å². The fourth-order valence-corrected chi connectivity index (χ4v) is 0.701. The van der Waals surface area contributed by atoms with Gasteiger partial charge in [0.15, 0.2) is 0 Å². The maximum Gasteiger partial charge on any atom is 0.108 e. The molecule has 0 aromatic rings. The van der Waals surface area contributed by atoms with Gasteiger partial charge in [0, 0.05) is 18.3 Å². The van der Waals surface area contributed by atoms with Crippen LogP contribution in [0.15, 0.2) is 0 Å². The fraction of sp³-hybridized carbons (Fsp3) is 0.857. The van der Waals surface area contributed by atoms with Crippen molar-refractivity contribution in [3.05, 3.63) is 0 Å². The van der Waals surface area contributed by atoms with Gasteiger partial charge < -0.3 is 22.0 Å². The van der Waals surface area contributed by atoms with Crippen LogP contribution >= 0.6 is 0 Å². The van der Waals surface area contributed by atoms with Crippen LogP contribution in [0.3, 0.4) is 0 Å². The van der Waals surface area contributed by atoms with Gasteiger partial charge in [-0.3, -0.25) is 0 Å². The fourth-order valence-electron chi connectivity index (χ4n) is 0.701. The average molecular weight is 159 g/mol. The molecule has 0 amide bonds. The van der Waals surface area contributed by atoms with E-state index in [-0.39, 0.29) is 18.2 Å². The van der Waals surface area contributed by atoms with Crippen LogP contribution in [-0.2, 0) is 0 Å². The molecule has 2 atom stereocenters. The summed E-state index contributed by atoms with van der Waals surface area (Å²) in [6.07, 6.45) is -0.889. The topological polar surface area (TPSA) is 96.1 Å². The largest absolute Gasteiger partial charge is 0.385 e. The number of hydrogen-bond acceptors (Lipinski definition) is 4. The highest BCUT2D eigenvalue weighted by molar-refractivity contribution is 5.87. The second-order valence-electron chi connectivity index (χ2n) is 2.95. The minimum absolute atomic E-state index is 0.0302. The van der Waals surface area contributed by atoms with Gasteiger partial charge in [0.05, 0.1) is 0 Å². The molecule has 0 saturated carbocycles. The first-order valence-corrected chi connectivity index (χ1v) is 3.72. The van der Waals surface area contributed by atoms with E-state index in [9.17, 15) is 5.11 Å². The molecule has 0 aliphatic heterocycles. The van der Waals surface area contributed by atoms with Crippen LogP contribution in [0.25, 0.3) is 0 Å². The minimum atomic E-state index is -0.889. The van der Waals surface area contributed by atoms with Crippen molar-refractivity contribution in [3.63, 3.8) is 0 Å². The highest BCUT2D eigenvalue weighted by atomic mass is 16.3. The van der Waals surface area contributed by atoms with Gasteiger partial charge in [-0.25, -0.2) is 0 Å². The van der Waals surface area contributed by atoms with E-state index in [0.717, 1.165) is 0 Å². The number of aliphatic hydroxyl groups is 1. The third kappa shape index (κ3) is 2.96. The first kappa shape index (κ1) is 10.6. The lowest BCUT2D eigenvalue weighted by atomic mass is 9.98. The molecule has 0 bridgehead atoms. The zero-order chi connectivity index (χ0) is 9.02. The zero-order valence-corrected chi connectivity index (χ0v) is 7.04. The molecule has 0 aliphatic carbocycles. The van der Waals surface area contributed by atoms with Crippen LogP contribution in [0.5, 0.6) is 0 Å². The van der Waals surface area contributed by atoms with E-state index in [0.29, 0.717) is 0 Å². The predicted molar refractivity (Wildman–Crippen MR) is 45.6 cm³/mol. The zero-order valence-electron chi connectivity index (χ0n) is 7.04. The Morgan fingerprint density at radius 2 is 2.00 bits per heavy atom. The molecule has 4 heteroatoms. The minimum Gasteiger partial charge on any atom is -0.385 e. The highest BCUT2D eigenvalue weighted by Crippen LogP contribution is 2.01. The van der Waals surface area contributed by atoms with E-state index >= 15 is 0 Å². The van der Waals surface area contributed by atoms with E-state index < -0.39 is 12.1 Å². The molecule has 66 valence electrons. The molecule has 0 aromatic heterocycles. The molecule has 0 heterocycles. The molecule has 0 fully saturated rings. The second-order valence-corrected chi connectivity index (χ2v) is 2.95. The second kappa shape index (κ2) is 4.43.